The summed E-state index contributed by atoms with van der Waals surface area (Å²) in [4.78, 5) is 0. The fourth-order valence-electron chi connectivity index (χ4n) is 1.71. The topological polar surface area (TPSA) is 78.6 Å². The SMILES string of the molecule is COc1ccc(CN)cc1OC1CS(=O)(=O)C1. The maximum absolute atomic E-state index is 11.0. The molecule has 0 bridgehead atoms. The van der Waals surface area contributed by atoms with Crippen LogP contribution in [0.2, 0.25) is 0 Å². The normalized spacial score (nSPS) is 18.5. The van der Waals surface area contributed by atoms with Crippen LogP contribution in [-0.4, -0.2) is 33.1 Å². The molecule has 1 fully saturated rings. The summed E-state index contributed by atoms with van der Waals surface area (Å²) < 4.78 is 32.8. The van der Waals surface area contributed by atoms with Crippen LogP contribution in [0.5, 0.6) is 11.5 Å². The van der Waals surface area contributed by atoms with Gasteiger partial charge in [0.2, 0.25) is 0 Å². The van der Waals surface area contributed by atoms with E-state index in [1.807, 2.05) is 6.07 Å². The fraction of sp³-hybridized carbons (Fsp3) is 0.455. The highest BCUT2D eigenvalue weighted by Gasteiger charge is 2.35. The van der Waals surface area contributed by atoms with E-state index in [2.05, 4.69) is 0 Å². The zero-order valence-corrected chi connectivity index (χ0v) is 10.4. The predicted octanol–water partition coefficient (Wildman–Crippen LogP) is 0.330. The number of sulfone groups is 1. The number of methoxy groups -OCH3 is 1. The van der Waals surface area contributed by atoms with Crippen molar-refractivity contribution in [2.45, 2.75) is 12.6 Å². The van der Waals surface area contributed by atoms with E-state index >= 15 is 0 Å². The lowest BCUT2D eigenvalue weighted by molar-refractivity contribution is 0.219. The van der Waals surface area contributed by atoms with Crippen molar-refractivity contribution >= 4 is 9.84 Å². The third-order valence-corrected chi connectivity index (χ3v) is 4.40. The zero-order chi connectivity index (χ0) is 12.5. The first-order valence-corrected chi connectivity index (χ1v) is 7.10. The Morgan fingerprint density at radius 1 is 1.35 bits per heavy atom. The molecule has 0 aromatic heterocycles. The second-order valence-electron chi connectivity index (χ2n) is 4.01. The smallest absolute Gasteiger partial charge is 0.161 e. The lowest BCUT2D eigenvalue weighted by Crippen LogP contribution is -2.45. The van der Waals surface area contributed by atoms with Crippen LogP contribution in [0.15, 0.2) is 18.2 Å². The van der Waals surface area contributed by atoms with Gasteiger partial charge < -0.3 is 15.2 Å². The molecule has 1 saturated heterocycles. The number of hydrogen-bond acceptors (Lipinski definition) is 5. The van der Waals surface area contributed by atoms with Gasteiger partial charge in [0.15, 0.2) is 21.3 Å². The largest absolute Gasteiger partial charge is 0.493 e. The summed E-state index contributed by atoms with van der Waals surface area (Å²) in [6, 6.07) is 5.40. The number of ether oxygens (including phenoxy) is 2. The van der Waals surface area contributed by atoms with Crippen LogP contribution in [0.25, 0.3) is 0 Å². The Hall–Kier alpha value is -1.27. The van der Waals surface area contributed by atoms with E-state index in [1.165, 1.54) is 0 Å². The van der Waals surface area contributed by atoms with E-state index in [0.29, 0.717) is 18.0 Å². The molecular formula is C11H15NO4S. The first kappa shape index (κ1) is 12.2. The van der Waals surface area contributed by atoms with E-state index in [1.54, 1.807) is 19.2 Å². The molecule has 6 heteroatoms. The average molecular weight is 257 g/mol. The van der Waals surface area contributed by atoms with Crippen molar-refractivity contribution in [3.05, 3.63) is 23.8 Å². The fourth-order valence-corrected chi connectivity index (χ4v) is 2.88. The summed E-state index contributed by atoms with van der Waals surface area (Å²) in [5.41, 5.74) is 6.46. The van der Waals surface area contributed by atoms with E-state index in [0.717, 1.165) is 5.56 Å². The van der Waals surface area contributed by atoms with Crippen LogP contribution in [0.4, 0.5) is 0 Å². The van der Waals surface area contributed by atoms with Gasteiger partial charge >= 0.3 is 0 Å². The minimum absolute atomic E-state index is 0.0724. The van der Waals surface area contributed by atoms with Crippen molar-refractivity contribution in [1.29, 1.82) is 0 Å². The Kier molecular flexibility index (Phi) is 3.26. The Bertz CT molecular complexity index is 500. The monoisotopic (exact) mass is 257 g/mol. The summed E-state index contributed by atoms with van der Waals surface area (Å²) >= 11 is 0. The van der Waals surface area contributed by atoms with Crippen molar-refractivity contribution in [2.75, 3.05) is 18.6 Å². The number of benzene rings is 1. The maximum atomic E-state index is 11.0. The summed E-state index contributed by atoms with van der Waals surface area (Å²) in [5.74, 6) is 1.29. The van der Waals surface area contributed by atoms with E-state index in [4.69, 9.17) is 15.2 Å². The third-order valence-electron chi connectivity index (χ3n) is 2.64. The highest BCUT2D eigenvalue weighted by molar-refractivity contribution is 7.92. The number of hydrogen-bond donors (Lipinski definition) is 1. The van der Waals surface area contributed by atoms with Crippen molar-refractivity contribution < 1.29 is 17.9 Å². The molecule has 1 aliphatic rings. The molecule has 17 heavy (non-hydrogen) atoms. The number of nitrogens with two attached hydrogens (primary N) is 1. The predicted molar refractivity (Wildman–Crippen MR) is 64.0 cm³/mol. The van der Waals surface area contributed by atoms with Gasteiger partial charge in [0.05, 0.1) is 18.6 Å². The second kappa shape index (κ2) is 4.54. The lowest BCUT2D eigenvalue weighted by Gasteiger charge is -2.27. The molecule has 1 aliphatic heterocycles. The summed E-state index contributed by atoms with van der Waals surface area (Å²) in [6.45, 7) is 0.406. The third kappa shape index (κ3) is 2.70. The van der Waals surface area contributed by atoms with Gasteiger partial charge in [0, 0.05) is 6.54 Å². The molecular weight excluding hydrogens is 242 g/mol. The van der Waals surface area contributed by atoms with Gasteiger partial charge in [-0.2, -0.15) is 0 Å². The van der Waals surface area contributed by atoms with Crippen LogP contribution in [0, 0.1) is 0 Å². The molecule has 94 valence electrons. The molecule has 2 N–H and O–H groups in total. The standard InChI is InChI=1S/C11H15NO4S/c1-15-10-3-2-8(5-12)4-11(10)16-9-6-17(13,14)7-9/h2-4,9H,5-7,12H2,1H3. The molecule has 0 saturated carbocycles. The molecule has 0 radical (unpaired) electrons. The van der Waals surface area contributed by atoms with Crippen LogP contribution in [0.1, 0.15) is 5.56 Å². The molecule has 0 spiro atoms. The minimum atomic E-state index is -2.88. The molecule has 1 aromatic rings. The Balaban J connectivity index is 2.14. The second-order valence-corrected chi connectivity index (χ2v) is 6.16. The molecule has 1 heterocycles. The highest BCUT2D eigenvalue weighted by Crippen LogP contribution is 2.30. The van der Waals surface area contributed by atoms with Gasteiger partial charge in [-0.15, -0.1) is 0 Å². The zero-order valence-electron chi connectivity index (χ0n) is 9.55. The van der Waals surface area contributed by atoms with Crippen molar-refractivity contribution in [3.63, 3.8) is 0 Å². The molecule has 5 nitrogen and oxygen atoms in total. The van der Waals surface area contributed by atoms with E-state index in [-0.39, 0.29) is 17.6 Å². The lowest BCUT2D eigenvalue weighted by atomic mass is 10.2. The van der Waals surface area contributed by atoms with Crippen molar-refractivity contribution in [3.8, 4) is 11.5 Å². The molecule has 0 atom stereocenters. The highest BCUT2D eigenvalue weighted by atomic mass is 32.2. The summed E-state index contributed by atoms with van der Waals surface area (Å²) in [6.07, 6.45) is -0.276. The molecule has 1 aromatic carbocycles. The van der Waals surface area contributed by atoms with E-state index in [9.17, 15) is 8.42 Å². The Morgan fingerprint density at radius 2 is 2.06 bits per heavy atom. The minimum Gasteiger partial charge on any atom is -0.493 e. The van der Waals surface area contributed by atoms with Gasteiger partial charge in [0.1, 0.15) is 6.10 Å². The maximum Gasteiger partial charge on any atom is 0.161 e. The van der Waals surface area contributed by atoms with Gasteiger partial charge in [-0.3, -0.25) is 0 Å². The Morgan fingerprint density at radius 3 is 2.59 bits per heavy atom. The van der Waals surface area contributed by atoms with Crippen molar-refractivity contribution in [2.24, 2.45) is 5.73 Å². The van der Waals surface area contributed by atoms with Gasteiger partial charge in [-0.1, -0.05) is 6.07 Å². The van der Waals surface area contributed by atoms with E-state index < -0.39 is 9.84 Å². The van der Waals surface area contributed by atoms with Crippen molar-refractivity contribution in [1.82, 2.24) is 0 Å². The van der Waals surface area contributed by atoms with Crippen LogP contribution in [-0.2, 0) is 16.4 Å². The van der Waals surface area contributed by atoms with Gasteiger partial charge in [0.25, 0.3) is 0 Å². The summed E-state index contributed by atoms with van der Waals surface area (Å²) in [5, 5.41) is 0. The van der Waals surface area contributed by atoms with Gasteiger partial charge in [-0.05, 0) is 17.7 Å². The van der Waals surface area contributed by atoms with Crippen LogP contribution in [0.3, 0.4) is 0 Å². The molecule has 0 aliphatic carbocycles. The molecule has 0 amide bonds. The molecule has 2 rings (SSSR count). The van der Waals surface area contributed by atoms with Gasteiger partial charge in [-0.25, -0.2) is 8.42 Å². The van der Waals surface area contributed by atoms with Crippen LogP contribution >= 0.6 is 0 Å². The molecule has 0 unspecified atom stereocenters. The quantitative estimate of drug-likeness (QED) is 0.841. The Labute approximate surface area is 100 Å². The first-order valence-electron chi connectivity index (χ1n) is 5.28. The first-order chi connectivity index (χ1) is 8.04. The van der Waals surface area contributed by atoms with Crippen LogP contribution < -0.4 is 15.2 Å². The summed E-state index contributed by atoms with van der Waals surface area (Å²) in [7, 11) is -1.33. The number of rotatable bonds is 4. The average Bonchev–Trinajstić information content (AvgIpc) is 2.26.